The molecule has 10 heteroatoms. The molecule has 1 saturated carbocycles. The van der Waals surface area contributed by atoms with E-state index in [-0.39, 0.29) is 40.8 Å². The molecule has 0 radical (unpaired) electrons. The third kappa shape index (κ3) is 4.95. The minimum Gasteiger partial charge on any atom is -0.365 e. The fraction of sp³-hybridized carbons (Fsp3) is 0.333. The summed E-state index contributed by atoms with van der Waals surface area (Å²) < 4.78 is 30.4. The number of urea groups is 1. The molecule has 0 bridgehead atoms. The molecule has 1 aromatic carbocycles. The van der Waals surface area contributed by atoms with Crippen molar-refractivity contribution in [2.24, 2.45) is 0 Å². The number of benzene rings is 1. The van der Waals surface area contributed by atoms with Gasteiger partial charge in [-0.2, -0.15) is 5.26 Å². The molecule has 2 amide bonds. The molecule has 204 valence electrons. The first-order valence-electron chi connectivity index (χ1n) is 13.7. The summed E-state index contributed by atoms with van der Waals surface area (Å²) in [6.45, 7) is 1.55. The van der Waals surface area contributed by atoms with Crippen molar-refractivity contribution in [3.63, 3.8) is 0 Å². The zero-order valence-corrected chi connectivity index (χ0v) is 21.9. The van der Waals surface area contributed by atoms with Crippen LogP contribution in [0.2, 0.25) is 0 Å². The first kappa shape index (κ1) is 25.7. The molecule has 4 heterocycles. The number of carbonyl (C=O) groups is 1. The number of fused-ring (bicyclic) bond motifs is 1. The average molecular weight is 542 g/mol. The van der Waals surface area contributed by atoms with Crippen molar-refractivity contribution < 1.29 is 13.6 Å². The molecule has 3 N–H and O–H groups in total. The predicted octanol–water partition coefficient (Wildman–Crippen LogP) is 5.97. The number of carbonyl (C=O) groups excluding carboxylic acids is 1. The van der Waals surface area contributed by atoms with Crippen LogP contribution in [-0.4, -0.2) is 51.1 Å². The average Bonchev–Trinajstić information content (AvgIpc) is 3.65. The van der Waals surface area contributed by atoms with E-state index in [0.29, 0.717) is 28.6 Å². The van der Waals surface area contributed by atoms with Gasteiger partial charge in [-0.05, 0) is 50.2 Å². The van der Waals surface area contributed by atoms with Crippen molar-refractivity contribution in [3.05, 3.63) is 66.0 Å². The molecule has 6 rings (SSSR count). The molecule has 2 atom stereocenters. The summed E-state index contributed by atoms with van der Waals surface area (Å²) >= 11 is 0. The molecule has 0 unspecified atom stereocenters. The van der Waals surface area contributed by atoms with Gasteiger partial charge in [0.25, 0.3) is 0 Å². The highest BCUT2D eigenvalue weighted by atomic mass is 19.1. The summed E-state index contributed by atoms with van der Waals surface area (Å²) in [6, 6.07) is 12.1. The molecule has 3 aromatic heterocycles. The van der Waals surface area contributed by atoms with Crippen LogP contribution in [0.3, 0.4) is 0 Å². The zero-order valence-electron chi connectivity index (χ0n) is 21.9. The Hall–Kier alpha value is -4.52. The normalized spacial score (nSPS) is 19.0. The maximum atomic E-state index is 16.2. The van der Waals surface area contributed by atoms with Crippen LogP contribution in [0.15, 0.2) is 48.8 Å². The first-order valence-corrected chi connectivity index (χ1v) is 13.7. The lowest BCUT2D eigenvalue weighted by Gasteiger charge is -2.32. The molecular weight excluding hydrogens is 512 g/mol. The molecule has 2 fully saturated rings. The lowest BCUT2D eigenvalue weighted by Crippen LogP contribution is -2.47. The number of pyridine rings is 2. The Labute approximate surface area is 230 Å². The predicted molar refractivity (Wildman–Crippen MR) is 148 cm³/mol. The molecule has 8 nitrogen and oxygen atoms in total. The standard InChI is InChI=1S/C30H29F2N7O/c31-19-13-22-24(17-35-28(22)34-16-19)27-23(15-33)25(18-7-2-1-3-8-18)26(32)29(38-27)36-20-9-6-10-21(14-20)37-30(40)39-11-4-5-12-39/h1-3,7-8,13,16-17,20-21H,4-6,9-12,14H2,(H,34,35)(H,36,38)(H,37,40)/t20-,21+/m1/s1. The lowest BCUT2D eigenvalue weighted by molar-refractivity contribution is 0.199. The Morgan fingerprint density at radius 2 is 1.88 bits per heavy atom. The number of amides is 2. The number of H-pyrrole nitrogens is 1. The summed E-state index contributed by atoms with van der Waals surface area (Å²) in [6.07, 6.45) is 7.90. The SMILES string of the molecule is N#Cc1c(-c2c[nH]c3ncc(F)cc23)nc(N[C@@H]2CCC[C@H](NC(=O)N3CCCC3)C2)c(F)c1-c1ccccc1. The van der Waals surface area contributed by atoms with Gasteiger partial charge < -0.3 is 20.5 Å². The van der Waals surface area contributed by atoms with Gasteiger partial charge in [0.1, 0.15) is 17.5 Å². The summed E-state index contributed by atoms with van der Waals surface area (Å²) in [7, 11) is 0. The van der Waals surface area contributed by atoms with E-state index in [9.17, 15) is 14.4 Å². The highest BCUT2D eigenvalue weighted by Crippen LogP contribution is 2.39. The number of hydrogen-bond donors (Lipinski definition) is 3. The highest BCUT2D eigenvalue weighted by Gasteiger charge is 2.29. The second-order valence-corrected chi connectivity index (χ2v) is 10.5. The van der Waals surface area contributed by atoms with Crippen molar-refractivity contribution >= 4 is 22.9 Å². The Kier molecular flexibility index (Phi) is 7.03. The monoisotopic (exact) mass is 541 g/mol. The van der Waals surface area contributed by atoms with E-state index in [4.69, 9.17) is 0 Å². The molecule has 1 aliphatic heterocycles. The fourth-order valence-electron chi connectivity index (χ4n) is 5.84. The summed E-state index contributed by atoms with van der Waals surface area (Å²) in [4.78, 5) is 26.2. The summed E-state index contributed by atoms with van der Waals surface area (Å²) in [5.74, 6) is -1.14. The van der Waals surface area contributed by atoms with Gasteiger partial charge in [-0.1, -0.05) is 30.3 Å². The highest BCUT2D eigenvalue weighted by molar-refractivity contribution is 5.96. The number of nitrogens with zero attached hydrogens (tertiary/aromatic N) is 4. The number of halogens is 2. The van der Waals surface area contributed by atoms with Crippen molar-refractivity contribution in [2.45, 2.75) is 50.6 Å². The van der Waals surface area contributed by atoms with Crippen LogP contribution in [0.25, 0.3) is 33.4 Å². The van der Waals surface area contributed by atoms with Gasteiger partial charge in [-0.15, -0.1) is 0 Å². The van der Waals surface area contributed by atoms with Gasteiger partial charge >= 0.3 is 6.03 Å². The Balaban J connectivity index is 1.38. The van der Waals surface area contributed by atoms with E-state index < -0.39 is 11.6 Å². The van der Waals surface area contributed by atoms with Gasteiger partial charge in [0.2, 0.25) is 0 Å². The van der Waals surface area contributed by atoms with E-state index in [0.717, 1.165) is 51.4 Å². The topological polar surface area (TPSA) is 110 Å². The van der Waals surface area contributed by atoms with Gasteiger partial charge in [0.15, 0.2) is 11.6 Å². The van der Waals surface area contributed by atoms with Crippen LogP contribution < -0.4 is 10.6 Å². The van der Waals surface area contributed by atoms with Crippen LogP contribution in [0.4, 0.5) is 19.4 Å². The van der Waals surface area contributed by atoms with Crippen molar-refractivity contribution in [1.29, 1.82) is 5.26 Å². The van der Waals surface area contributed by atoms with E-state index in [1.54, 1.807) is 30.5 Å². The summed E-state index contributed by atoms with van der Waals surface area (Å²) in [5.41, 5.74) is 1.84. The quantitative estimate of drug-likeness (QED) is 0.288. The van der Waals surface area contributed by atoms with E-state index in [2.05, 4.69) is 31.7 Å². The van der Waals surface area contributed by atoms with Crippen LogP contribution in [-0.2, 0) is 0 Å². The smallest absolute Gasteiger partial charge is 0.317 e. The number of aromatic nitrogens is 3. The number of nitriles is 1. The molecule has 1 saturated heterocycles. The van der Waals surface area contributed by atoms with Crippen molar-refractivity contribution in [2.75, 3.05) is 18.4 Å². The summed E-state index contributed by atoms with van der Waals surface area (Å²) in [5, 5.41) is 17.1. The molecule has 0 spiro atoms. The Morgan fingerprint density at radius 1 is 1.10 bits per heavy atom. The number of nitrogens with one attached hydrogen (secondary N) is 3. The van der Waals surface area contributed by atoms with Gasteiger partial charge in [-0.3, -0.25) is 0 Å². The Morgan fingerprint density at radius 3 is 2.65 bits per heavy atom. The Bertz CT molecular complexity index is 1590. The largest absolute Gasteiger partial charge is 0.365 e. The van der Waals surface area contributed by atoms with Crippen LogP contribution in [0.5, 0.6) is 0 Å². The third-order valence-corrected chi connectivity index (χ3v) is 7.80. The van der Waals surface area contributed by atoms with Crippen LogP contribution in [0.1, 0.15) is 44.1 Å². The van der Waals surface area contributed by atoms with Gasteiger partial charge in [-0.25, -0.2) is 23.5 Å². The zero-order chi connectivity index (χ0) is 27.6. The molecule has 1 aliphatic carbocycles. The molecular formula is C30H29F2N7O. The van der Waals surface area contributed by atoms with Crippen LogP contribution >= 0.6 is 0 Å². The number of aromatic amines is 1. The fourth-order valence-corrected chi connectivity index (χ4v) is 5.84. The van der Waals surface area contributed by atoms with Gasteiger partial charge in [0, 0.05) is 47.9 Å². The third-order valence-electron chi connectivity index (χ3n) is 7.80. The minimum atomic E-state index is -0.626. The molecule has 40 heavy (non-hydrogen) atoms. The first-order chi connectivity index (χ1) is 19.5. The van der Waals surface area contributed by atoms with E-state index >= 15 is 4.39 Å². The maximum absolute atomic E-state index is 16.2. The number of anilines is 1. The van der Waals surface area contributed by atoms with Gasteiger partial charge in [0.05, 0.1) is 17.5 Å². The second-order valence-electron chi connectivity index (χ2n) is 10.5. The molecule has 2 aliphatic rings. The van der Waals surface area contributed by atoms with Crippen molar-refractivity contribution in [1.82, 2.24) is 25.2 Å². The van der Waals surface area contributed by atoms with E-state index in [1.807, 2.05) is 11.0 Å². The number of likely N-dealkylation sites (tertiary alicyclic amines) is 1. The minimum absolute atomic E-state index is 0.0167. The maximum Gasteiger partial charge on any atom is 0.317 e. The number of hydrogen-bond acceptors (Lipinski definition) is 5. The second kappa shape index (κ2) is 10.9. The van der Waals surface area contributed by atoms with Crippen molar-refractivity contribution in [3.8, 4) is 28.5 Å². The molecule has 4 aromatic rings. The van der Waals surface area contributed by atoms with E-state index in [1.165, 1.54) is 6.07 Å². The van der Waals surface area contributed by atoms with Crippen LogP contribution in [0, 0.1) is 23.0 Å². The lowest BCUT2D eigenvalue weighted by atomic mass is 9.90. The number of rotatable bonds is 5.